The highest BCUT2D eigenvalue weighted by atomic mass is 35.5. The second-order valence-electron chi connectivity index (χ2n) is 5.83. The van der Waals surface area contributed by atoms with Gasteiger partial charge in [-0.2, -0.15) is 0 Å². The number of aryl methyl sites for hydroxylation is 1. The number of aliphatic hydroxyl groups excluding tert-OH is 1. The fourth-order valence-corrected chi connectivity index (χ4v) is 3.43. The Labute approximate surface area is 166 Å². The largest absolute Gasteiger partial charge is 0.491 e. The van der Waals surface area contributed by atoms with Crippen LogP contribution in [0.5, 0.6) is 5.75 Å². The molecule has 142 valence electrons. The summed E-state index contributed by atoms with van der Waals surface area (Å²) < 4.78 is 12.9. The molecule has 0 aliphatic heterocycles. The van der Waals surface area contributed by atoms with Crippen molar-refractivity contribution in [2.45, 2.75) is 24.7 Å². The van der Waals surface area contributed by atoms with E-state index in [-0.39, 0.29) is 6.61 Å². The summed E-state index contributed by atoms with van der Waals surface area (Å²) in [5.74, 6) is 2.58. The van der Waals surface area contributed by atoms with Crippen molar-refractivity contribution in [3.63, 3.8) is 0 Å². The minimum absolute atomic E-state index is 0.178. The molecule has 0 aliphatic carbocycles. The Bertz CT molecular complexity index is 892. The summed E-state index contributed by atoms with van der Waals surface area (Å²) in [6.45, 7) is 6.42. The van der Waals surface area contributed by atoms with Crippen LogP contribution in [0.2, 0.25) is 5.02 Å². The van der Waals surface area contributed by atoms with Crippen molar-refractivity contribution >= 4 is 23.4 Å². The maximum Gasteiger partial charge on any atom is 0.191 e. The number of halogens is 1. The average molecular weight is 406 g/mol. The molecule has 2 heterocycles. The molecule has 1 N–H and O–H groups in total. The SMILES string of the molecule is C=CCn1c(SCC(O)COc2ccc(Cl)cc2)nnc1-c1ccoc1C. The van der Waals surface area contributed by atoms with E-state index in [9.17, 15) is 5.11 Å². The number of hydrogen-bond acceptors (Lipinski definition) is 6. The third kappa shape index (κ3) is 4.94. The van der Waals surface area contributed by atoms with E-state index in [1.165, 1.54) is 11.8 Å². The molecule has 8 heteroatoms. The summed E-state index contributed by atoms with van der Waals surface area (Å²) in [6, 6.07) is 8.89. The lowest BCUT2D eigenvalue weighted by molar-refractivity contribution is 0.126. The number of ether oxygens (including phenoxy) is 1. The van der Waals surface area contributed by atoms with E-state index in [0.717, 1.165) is 17.1 Å². The number of rotatable bonds is 9. The first-order valence-electron chi connectivity index (χ1n) is 8.36. The van der Waals surface area contributed by atoms with Gasteiger partial charge in [0, 0.05) is 17.3 Å². The van der Waals surface area contributed by atoms with Crippen LogP contribution in [0.25, 0.3) is 11.4 Å². The fraction of sp³-hybridized carbons (Fsp3) is 0.263. The van der Waals surface area contributed by atoms with E-state index in [4.69, 9.17) is 20.8 Å². The molecule has 1 atom stereocenters. The van der Waals surface area contributed by atoms with Crippen molar-refractivity contribution < 1.29 is 14.3 Å². The van der Waals surface area contributed by atoms with E-state index in [2.05, 4.69) is 16.8 Å². The molecule has 0 fully saturated rings. The Balaban J connectivity index is 1.61. The molecule has 0 saturated carbocycles. The molecule has 1 aromatic carbocycles. The minimum atomic E-state index is -0.654. The smallest absolute Gasteiger partial charge is 0.191 e. The molecular weight excluding hydrogens is 386 g/mol. The van der Waals surface area contributed by atoms with E-state index in [1.54, 1.807) is 36.6 Å². The van der Waals surface area contributed by atoms with Crippen LogP contribution in [0.15, 0.2) is 58.8 Å². The topological polar surface area (TPSA) is 73.3 Å². The lowest BCUT2D eigenvalue weighted by Crippen LogP contribution is -2.20. The van der Waals surface area contributed by atoms with Crippen molar-refractivity contribution in [2.75, 3.05) is 12.4 Å². The van der Waals surface area contributed by atoms with Crippen LogP contribution in [0.1, 0.15) is 5.76 Å². The van der Waals surface area contributed by atoms with Crippen molar-refractivity contribution in [2.24, 2.45) is 0 Å². The number of thioether (sulfide) groups is 1. The van der Waals surface area contributed by atoms with Crippen molar-refractivity contribution in [1.29, 1.82) is 0 Å². The van der Waals surface area contributed by atoms with Crippen LogP contribution in [0, 0.1) is 6.92 Å². The van der Waals surface area contributed by atoms with E-state index in [1.807, 2.05) is 17.6 Å². The second-order valence-corrected chi connectivity index (χ2v) is 7.25. The molecule has 2 aromatic heterocycles. The first-order valence-corrected chi connectivity index (χ1v) is 9.72. The predicted octanol–water partition coefficient (Wildman–Crippen LogP) is 4.22. The zero-order valence-electron chi connectivity index (χ0n) is 14.8. The number of aliphatic hydroxyl groups is 1. The summed E-state index contributed by atoms with van der Waals surface area (Å²) in [6.07, 6.45) is 2.76. The Morgan fingerprint density at radius 2 is 2.11 bits per heavy atom. The van der Waals surface area contributed by atoms with Gasteiger partial charge in [-0.1, -0.05) is 29.4 Å². The predicted molar refractivity (Wildman–Crippen MR) is 106 cm³/mol. The summed E-state index contributed by atoms with van der Waals surface area (Å²) in [7, 11) is 0. The van der Waals surface area contributed by atoms with Crippen LogP contribution < -0.4 is 4.74 Å². The molecular formula is C19H20ClN3O3S. The van der Waals surface area contributed by atoms with Gasteiger partial charge in [-0.15, -0.1) is 16.8 Å². The molecule has 0 radical (unpaired) electrons. The van der Waals surface area contributed by atoms with Crippen LogP contribution in [0.4, 0.5) is 0 Å². The van der Waals surface area contributed by atoms with Crippen LogP contribution in [-0.4, -0.2) is 38.3 Å². The third-order valence-electron chi connectivity index (χ3n) is 3.79. The molecule has 3 aromatic rings. The van der Waals surface area contributed by atoms with Gasteiger partial charge in [0.1, 0.15) is 18.1 Å². The van der Waals surface area contributed by atoms with Gasteiger partial charge in [0.25, 0.3) is 0 Å². The van der Waals surface area contributed by atoms with E-state index >= 15 is 0 Å². The number of furan rings is 1. The maximum atomic E-state index is 10.2. The molecule has 0 aliphatic rings. The lowest BCUT2D eigenvalue weighted by atomic mass is 10.2. The van der Waals surface area contributed by atoms with Gasteiger partial charge in [0.2, 0.25) is 0 Å². The Kier molecular flexibility index (Phi) is 6.60. The normalized spacial score (nSPS) is 12.1. The third-order valence-corrected chi connectivity index (χ3v) is 5.15. The number of benzene rings is 1. The molecule has 3 rings (SSSR count). The Morgan fingerprint density at radius 3 is 2.78 bits per heavy atom. The molecule has 0 spiro atoms. The van der Waals surface area contributed by atoms with Crippen molar-refractivity contribution in [3.05, 3.63) is 60.0 Å². The number of allylic oxidation sites excluding steroid dienone is 1. The van der Waals surface area contributed by atoms with Crippen LogP contribution >= 0.6 is 23.4 Å². The summed E-state index contributed by atoms with van der Waals surface area (Å²) in [5.41, 5.74) is 0.892. The van der Waals surface area contributed by atoms with Gasteiger partial charge in [-0.05, 0) is 37.3 Å². The summed E-state index contributed by atoms with van der Waals surface area (Å²) in [5, 5.41) is 20.1. The number of hydrogen-bond donors (Lipinski definition) is 1. The highest BCUT2D eigenvalue weighted by Gasteiger charge is 2.18. The first-order chi connectivity index (χ1) is 13.1. The van der Waals surface area contributed by atoms with Crippen molar-refractivity contribution in [3.8, 4) is 17.1 Å². The maximum absolute atomic E-state index is 10.2. The fourth-order valence-electron chi connectivity index (χ4n) is 2.45. The molecule has 1 unspecified atom stereocenters. The standard InChI is InChI=1S/C19H20ClN3O3S/c1-3-9-23-18(17-8-10-25-13(17)2)21-22-19(23)27-12-15(24)11-26-16-6-4-14(20)5-7-16/h3-8,10,15,24H,1,9,11-12H2,2H3. The minimum Gasteiger partial charge on any atom is -0.491 e. The Morgan fingerprint density at radius 1 is 1.33 bits per heavy atom. The molecule has 6 nitrogen and oxygen atoms in total. The van der Waals surface area contributed by atoms with E-state index in [0.29, 0.717) is 28.2 Å². The lowest BCUT2D eigenvalue weighted by Gasteiger charge is -2.12. The molecule has 27 heavy (non-hydrogen) atoms. The molecule has 0 amide bonds. The number of aromatic nitrogens is 3. The highest BCUT2D eigenvalue weighted by Crippen LogP contribution is 2.27. The van der Waals surface area contributed by atoms with Gasteiger partial charge < -0.3 is 14.3 Å². The Hall–Kier alpha value is -2.22. The van der Waals surface area contributed by atoms with Gasteiger partial charge in [-0.3, -0.25) is 4.57 Å². The highest BCUT2D eigenvalue weighted by molar-refractivity contribution is 7.99. The quantitative estimate of drug-likeness (QED) is 0.424. The van der Waals surface area contributed by atoms with E-state index < -0.39 is 6.10 Å². The number of nitrogens with zero attached hydrogens (tertiary/aromatic N) is 3. The van der Waals surface area contributed by atoms with Crippen LogP contribution in [-0.2, 0) is 6.54 Å². The van der Waals surface area contributed by atoms with Gasteiger partial charge in [0.05, 0.1) is 17.9 Å². The summed E-state index contributed by atoms with van der Waals surface area (Å²) in [4.78, 5) is 0. The molecule has 0 saturated heterocycles. The average Bonchev–Trinajstić information content (AvgIpc) is 3.25. The summed E-state index contributed by atoms with van der Waals surface area (Å²) >= 11 is 7.26. The van der Waals surface area contributed by atoms with Crippen LogP contribution in [0.3, 0.4) is 0 Å². The van der Waals surface area contributed by atoms with Gasteiger partial charge >= 0.3 is 0 Å². The second kappa shape index (κ2) is 9.12. The van der Waals surface area contributed by atoms with Gasteiger partial charge in [-0.25, -0.2) is 0 Å². The molecule has 0 bridgehead atoms. The van der Waals surface area contributed by atoms with Crippen molar-refractivity contribution in [1.82, 2.24) is 14.8 Å². The first kappa shape index (κ1) is 19.5. The van der Waals surface area contributed by atoms with Gasteiger partial charge in [0.15, 0.2) is 11.0 Å². The zero-order valence-corrected chi connectivity index (χ0v) is 16.4. The zero-order chi connectivity index (χ0) is 19.2. The monoisotopic (exact) mass is 405 g/mol.